The first-order valence-corrected chi connectivity index (χ1v) is 4.82. The van der Waals surface area contributed by atoms with Gasteiger partial charge in [0.25, 0.3) is 0 Å². The van der Waals surface area contributed by atoms with Crippen molar-refractivity contribution in [1.29, 1.82) is 0 Å². The molecule has 0 aliphatic heterocycles. The molecule has 0 saturated heterocycles. The highest BCUT2D eigenvalue weighted by Gasteiger charge is 2.03. The van der Waals surface area contributed by atoms with E-state index in [2.05, 4.69) is 4.74 Å². The Hall–Kier alpha value is -1.10. The van der Waals surface area contributed by atoms with E-state index in [1.807, 2.05) is 0 Å². The van der Waals surface area contributed by atoms with Gasteiger partial charge in [-0.05, 0) is 24.1 Å². The van der Waals surface area contributed by atoms with E-state index in [0.717, 1.165) is 5.56 Å². The summed E-state index contributed by atoms with van der Waals surface area (Å²) in [5.41, 5.74) is 5.67. The number of hydrogen-bond acceptors (Lipinski definition) is 4. The maximum atomic E-state index is 10.4. The first kappa shape index (κ1) is 12.0. The number of hydrogen-bond donors (Lipinski definition) is 2. The Labute approximate surface area is 92.6 Å². The zero-order chi connectivity index (χ0) is 11.3. The van der Waals surface area contributed by atoms with E-state index >= 15 is 0 Å². The largest absolute Gasteiger partial charge is 0.415 e. The van der Waals surface area contributed by atoms with Crippen molar-refractivity contribution in [3.8, 4) is 5.75 Å². The summed E-state index contributed by atoms with van der Waals surface area (Å²) in [6.07, 6.45) is 0.575. The van der Waals surface area contributed by atoms with E-state index in [1.54, 1.807) is 24.3 Å². The minimum atomic E-state index is -0.866. The third-order valence-electron chi connectivity index (χ3n) is 1.85. The summed E-state index contributed by atoms with van der Waals surface area (Å²) >= 11 is 5.04. The summed E-state index contributed by atoms with van der Waals surface area (Å²) < 4.78 is 4.65. The molecular weight excluding hydrogens is 218 g/mol. The van der Waals surface area contributed by atoms with Crippen molar-refractivity contribution < 1.29 is 14.6 Å². The van der Waals surface area contributed by atoms with Crippen LogP contribution in [0.2, 0.25) is 0 Å². The molecule has 15 heavy (non-hydrogen) atoms. The summed E-state index contributed by atoms with van der Waals surface area (Å²) in [6.45, 7) is -0.0571. The van der Waals surface area contributed by atoms with Crippen molar-refractivity contribution in [2.75, 3.05) is 6.61 Å². The van der Waals surface area contributed by atoms with Gasteiger partial charge in [0.15, 0.2) is 0 Å². The molecule has 82 valence electrons. The molecule has 1 rings (SSSR count). The van der Waals surface area contributed by atoms with E-state index in [1.165, 1.54) is 0 Å². The third kappa shape index (κ3) is 4.29. The average Bonchev–Trinajstić information content (AvgIpc) is 2.20. The number of ether oxygens (including phenoxy) is 1. The Balaban J connectivity index is 2.60. The Morgan fingerprint density at radius 1 is 1.47 bits per heavy atom. The van der Waals surface area contributed by atoms with Gasteiger partial charge in [-0.15, -0.1) is 0 Å². The zero-order valence-corrected chi connectivity index (χ0v) is 8.78. The van der Waals surface area contributed by atoms with Crippen molar-refractivity contribution >= 4 is 17.0 Å². The lowest BCUT2D eigenvalue weighted by Gasteiger charge is -2.08. The molecule has 0 saturated carbocycles. The van der Waals surface area contributed by atoms with E-state index in [-0.39, 0.29) is 12.6 Å². The van der Waals surface area contributed by atoms with Gasteiger partial charge >= 0.3 is 5.43 Å². The second-order valence-corrected chi connectivity index (χ2v) is 3.44. The Morgan fingerprint density at radius 3 is 2.53 bits per heavy atom. The topological polar surface area (TPSA) is 72.6 Å². The van der Waals surface area contributed by atoms with Crippen LogP contribution in [0.15, 0.2) is 24.3 Å². The average molecular weight is 230 g/mol. The number of benzene rings is 1. The molecule has 3 N–H and O–H groups in total. The quantitative estimate of drug-likeness (QED) is 0.763. The Kier molecular flexibility index (Phi) is 4.55. The fourth-order valence-electron chi connectivity index (χ4n) is 1.15. The summed E-state index contributed by atoms with van der Waals surface area (Å²) in [7, 11) is 0. The second-order valence-electron chi connectivity index (χ2n) is 3.13. The normalized spacial score (nSPS) is 12.2. The van der Waals surface area contributed by atoms with Crippen LogP contribution in [0, 0.1) is 0 Å². The monoisotopic (exact) mass is 229 g/mol. The predicted molar refractivity (Wildman–Crippen MR) is 57.1 cm³/mol. The summed E-state index contributed by atoms with van der Waals surface area (Å²) in [4.78, 5) is 10.4. The van der Waals surface area contributed by atoms with Crippen LogP contribution < -0.4 is 10.5 Å². The number of aliphatic hydroxyl groups is 1. The maximum Gasteiger partial charge on any atom is 0.409 e. The molecular formula is C10H12ClNO3. The van der Waals surface area contributed by atoms with Crippen LogP contribution in [0.4, 0.5) is 4.79 Å². The summed E-state index contributed by atoms with van der Waals surface area (Å²) in [5.74, 6) is 0.385. The lowest BCUT2D eigenvalue weighted by Crippen LogP contribution is -2.26. The van der Waals surface area contributed by atoms with Crippen LogP contribution in [0.1, 0.15) is 5.56 Å². The lowest BCUT2D eigenvalue weighted by atomic mass is 10.1. The third-order valence-corrected chi connectivity index (χ3v) is 1.93. The van der Waals surface area contributed by atoms with Crippen LogP contribution in [-0.4, -0.2) is 23.2 Å². The van der Waals surface area contributed by atoms with Gasteiger partial charge < -0.3 is 15.6 Å². The van der Waals surface area contributed by atoms with Crippen LogP contribution in [-0.2, 0) is 6.42 Å². The van der Waals surface area contributed by atoms with Gasteiger partial charge in [0.1, 0.15) is 5.75 Å². The van der Waals surface area contributed by atoms with Crippen LogP contribution in [0.25, 0.3) is 0 Å². The molecule has 0 radical (unpaired) electrons. The predicted octanol–water partition coefficient (Wildman–Crippen LogP) is 1.29. The molecule has 5 heteroatoms. The van der Waals surface area contributed by atoms with Gasteiger partial charge in [0, 0.05) is 17.6 Å². The van der Waals surface area contributed by atoms with Crippen molar-refractivity contribution in [3.63, 3.8) is 0 Å². The molecule has 0 heterocycles. The van der Waals surface area contributed by atoms with Crippen molar-refractivity contribution in [1.82, 2.24) is 0 Å². The molecule has 0 fully saturated rings. The molecule has 1 atom stereocenters. The fraction of sp³-hybridized carbons (Fsp3) is 0.300. The van der Waals surface area contributed by atoms with Gasteiger partial charge in [0.2, 0.25) is 0 Å². The molecule has 1 aromatic carbocycles. The molecule has 0 bridgehead atoms. The first-order chi connectivity index (χ1) is 7.11. The number of rotatable bonds is 4. The molecule has 0 unspecified atom stereocenters. The minimum Gasteiger partial charge on any atom is -0.415 e. The second kappa shape index (κ2) is 5.70. The lowest BCUT2D eigenvalue weighted by molar-refractivity contribution is 0.225. The molecule has 0 aliphatic rings. The summed E-state index contributed by atoms with van der Waals surface area (Å²) in [6, 6.07) is 6.51. The van der Waals surface area contributed by atoms with Crippen LogP contribution >= 0.6 is 11.6 Å². The van der Waals surface area contributed by atoms with Crippen molar-refractivity contribution in [2.24, 2.45) is 5.73 Å². The van der Waals surface area contributed by atoms with Gasteiger partial charge in [-0.25, -0.2) is 4.79 Å². The standard InChI is InChI=1S/C10H12ClNO3/c11-10(14)15-9-3-1-7(2-4-9)5-8(12)6-13/h1-4,8,13H,5-6,12H2/t8-/m0/s1. The Morgan fingerprint density at radius 2 is 2.07 bits per heavy atom. The van der Waals surface area contributed by atoms with Gasteiger partial charge in [-0.1, -0.05) is 12.1 Å². The smallest absolute Gasteiger partial charge is 0.409 e. The molecule has 0 aromatic heterocycles. The molecule has 0 spiro atoms. The summed E-state index contributed by atoms with van der Waals surface area (Å²) in [5, 5.41) is 8.76. The molecule has 4 nitrogen and oxygen atoms in total. The van der Waals surface area contributed by atoms with Gasteiger partial charge in [-0.2, -0.15) is 0 Å². The number of nitrogens with two attached hydrogens (primary N) is 1. The SMILES string of the molecule is N[C@H](CO)Cc1ccc(OC(=O)Cl)cc1. The maximum absolute atomic E-state index is 10.4. The number of carbonyl (C=O) groups is 1. The van der Waals surface area contributed by atoms with Crippen molar-refractivity contribution in [3.05, 3.63) is 29.8 Å². The molecule has 1 aromatic rings. The number of halogens is 1. The highest BCUT2D eigenvalue weighted by Crippen LogP contribution is 2.14. The number of aliphatic hydroxyl groups excluding tert-OH is 1. The van der Waals surface area contributed by atoms with Gasteiger partial charge in [0.05, 0.1) is 6.61 Å². The van der Waals surface area contributed by atoms with Crippen LogP contribution in [0.5, 0.6) is 5.75 Å². The van der Waals surface area contributed by atoms with Gasteiger partial charge in [-0.3, -0.25) is 0 Å². The Bertz CT molecular complexity index is 326. The van der Waals surface area contributed by atoms with E-state index in [4.69, 9.17) is 22.4 Å². The molecule has 0 amide bonds. The van der Waals surface area contributed by atoms with Crippen molar-refractivity contribution in [2.45, 2.75) is 12.5 Å². The molecule has 0 aliphatic carbocycles. The van der Waals surface area contributed by atoms with Crippen LogP contribution in [0.3, 0.4) is 0 Å². The van der Waals surface area contributed by atoms with E-state index < -0.39 is 5.43 Å². The van der Waals surface area contributed by atoms with E-state index in [0.29, 0.717) is 12.2 Å². The zero-order valence-electron chi connectivity index (χ0n) is 8.02. The number of carbonyl (C=O) groups excluding carboxylic acids is 1. The minimum absolute atomic E-state index is 0.0571. The fourth-order valence-corrected chi connectivity index (χ4v) is 1.24. The highest BCUT2D eigenvalue weighted by atomic mass is 35.5. The van der Waals surface area contributed by atoms with E-state index in [9.17, 15) is 4.79 Å². The highest BCUT2D eigenvalue weighted by molar-refractivity contribution is 6.61. The first-order valence-electron chi connectivity index (χ1n) is 4.44.